The molecule has 0 radical (unpaired) electrons. The summed E-state index contributed by atoms with van der Waals surface area (Å²) in [5.74, 6) is 0.966. The Morgan fingerprint density at radius 2 is 2.00 bits per heavy atom. The van der Waals surface area contributed by atoms with Gasteiger partial charge in [0.2, 0.25) is 5.13 Å². The van der Waals surface area contributed by atoms with Gasteiger partial charge < -0.3 is 5.73 Å². The lowest BCUT2D eigenvalue weighted by Gasteiger charge is -1.98. The van der Waals surface area contributed by atoms with E-state index in [-0.39, 0.29) is 0 Å². The standard InChI is InChI=1S/C12H10N4S/c13-6-7-1-3-8(4-2-7)9-5-10(9)11-15-16-12(14)17-11/h1-4,9-10H,5H2,(H2,14,16)/t9-,10+/m0/s1. The summed E-state index contributed by atoms with van der Waals surface area (Å²) in [6, 6.07) is 9.89. The van der Waals surface area contributed by atoms with Gasteiger partial charge in [0, 0.05) is 5.92 Å². The van der Waals surface area contributed by atoms with Crippen LogP contribution in [-0.2, 0) is 0 Å². The van der Waals surface area contributed by atoms with Crippen LogP contribution in [0.5, 0.6) is 0 Å². The van der Waals surface area contributed by atoms with Gasteiger partial charge in [-0.25, -0.2) is 0 Å². The van der Waals surface area contributed by atoms with Crippen molar-refractivity contribution in [1.29, 1.82) is 5.26 Å². The monoisotopic (exact) mass is 242 g/mol. The SMILES string of the molecule is N#Cc1ccc([C@@H]2C[C@H]2c2nnc(N)s2)cc1. The average Bonchev–Trinajstić information content (AvgIpc) is 3.05. The van der Waals surface area contributed by atoms with E-state index >= 15 is 0 Å². The van der Waals surface area contributed by atoms with Crippen molar-refractivity contribution >= 4 is 16.5 Å². The second-order valence-corrected chi connectivity index (χ2v) is 5.20. The van der Waals surface area contributed by atoms with Crippen molar-refractivity contribution in [2.45, 2.75) is 18.3 Å². The molecule has 84 valence electrons. The minimum absolute atomic E-state index is 0.456. The van der Waals surface area contributed by atoms with Gasteiger partial charge in [-0.05, 0) is 30.0 Å². The first kappa shape index (κ1) is 10.2. The molecule has 1 aromatic carbocycles. The van der Waals surface area contributed by atoms with Gasteiger partial charge in [-0.2, -0.15) is 5.26 Å². The van der Waals surface area contributed by atoms with Gasteiger partial charge in [0.05, 0.1) is 11.6 Å². The third-order valence-corrected chi connectivity index (χ3v) is 3.92. The lowest BCUT2D eigenvalue weighted by Crippen LogP contribution is -1.84. The molecule has 0 aliphatic heterocycles. The number of rotatable bonds is 2. The van der Waals surface area contributed by atoms with Gasteiger partial charge in [0.25, 0.3) is 0 Å². The van der Waals surface area contributed by atoms with Crippen molar-refractivity contribution in [1.82, 2.24) is 10.2 Å². The van der Waals surface area contributed by atoms with Crippen LogP contribution in [0.15, 0.2) is 24.3 Å². The van der Waals surface area contributed by atoms with Crippen LogP contribution in [0.2, 0.25) is 0 Å². The summed E-state index contributed by atoms with van der Waals surface area (Å²) < 4.78 is 0. The first-order chi connectivity index (χ1) is 8.28. The molecule has 0 saturated heterocycles. The van der Waals surface area contributed by atoms with Gasteiger partial charge in [-0.1, -0.05) is 23.5 Å². The fourth-order valence-electron chi connectivity index (χ4n) is 2.04. The Bertz CT molecular complexity index is 581. The molecular formula is C12H10N4S. The number of aromatic nitrogens is 2. The lowest BCUT2D eigenvalue weighted by molar-refractivity contribution is 0.946. The fourth-order valence-corrected chi connectivity index (χ4v) is 2.83. The van der Waals surface area contributed by atoms with Gasteiger partial charge in [-0.3, -0.25) is 0 Å². The maximum Gasteiger partial charge on any atom is 0.203 e. The Hall–Kier alpha value is -1.93. The van der Waals surface area contributed by atoms with E-state index in [1.165, 1.54) is 16.9 Å². The summed E-state index contributed by atoms with van der Waals surface area (Å²) in [5.41, 5.74) is 7.54. The van der Waals surface area contributed by atoms with Gasteiger partial charge in [-0.15, -0.1) is 10.2 Å². The molecule has 3 rings (SSSR count). The predicted octanol–water partition coefficient (Wildman–Crippen LogP) is 2.26. The van der Waals surface area contributed by atoms with E-state index in [9.17, 15) is 0 Å². The number of benzene rings is 1. The molecule has 0 unspecified atom stereocenters. The van der Waals surface area contributed by atoms with Crippen LogP contribution in [0.25, 0.3) is 0 Å². The van der Waals surface area contributed by atoms with Gasteiger partial charge in [0.1, 0.15) is 5.01 Å². The number of nitrogens with two attached hydrogens (primary N) is 1. The number of nitrogen functional groups attached to an aromatic ring is 1. The summed E-state index contributed by atoms with van der Waals surface area (Å²) in [4.78, 5) is 0. The molecule has 1 aliphatic carbocycles. The second-order valence-electron chi connectivity index (χ2n) is 4.16. The largest absolute Gasteiger partial charge is 0.374 e. The highest BCUT2D eigenvalue weighted by atomic mass is 32.1. The minimum Gasteiger partial charge on any atom is -0.374 e. The van der Waals surface area contributed by atoms with Crippen molar-refractivity contribution in [2.24, 2.45) is 0 Å². The van der Waals surface area contributed by atoms with Crippen molar-refractivity contribution in [3.63, 3.8) is 0 Å². The number of hydrogen-bond donors (Lipinski definition) is 1. The summed E-state index contributed by atoms with van der Waals surface area (Å²) in [7, 11) is 0. The Labute approximate surface area is 103 Å². The first-order valence-corrected chi connectivity index (χ1v) is 6.18. The first-order valence-electron chi connectivity index (χ1n) is 5.37. The fraction of sp³-hybridized carbons (Fsp3) is 0.250. The summed E-state index contributed by atoms with van der Waals surface area (Å²) in [6.07, 6.45) is 1.10. The van der Waals surface area contributed by atoms with Gasteiger partial charge in [0.15, 0.2) is 0 Å². The maximum atomic E-state index is 8.73. The van der Waals surface area contributed by atoms with Crippen molar-refractivity contribution < 1.29 is 0 Å². The Morgan fingerprint density at radius 3 is 2.59 bits per heavy atom. The van der Waals surface area contributed by atoms with Crippen LogP contribution in [-0.4, -0.2) is 10.2 Å². The van der Waals surface area contributed by atoms with E-state index in [1.54, 1.807) is 0 Å². The van der Waals surface area contributed by atoms with Crippen LogP contribution in [0.4, 0.5) is 5.13 Å². The van der Waals surface area contributed by atoms with Crippen LogP contribution >= 0.6 is 11.3 Å². The van der Waals surface area contributed by atoms with E-state index in [0.717, 1.165) is 11.4 Å². The van der Waals surface area contributed by atoms with Crippen molar-refractivity contribution in [2.75, 3.05) is 5.73 Å². The quantitative estimate of drug-likeness (QED) is 0.876. The average molecular weight is 242 g/mol. The van der Waals surface area contributed by atoms with E-state index in [1.807, 2.05) is 24.3 Å². The molecule has 0 spiro atoms. The van der Waals surface area contributed by atoms with E-state index in [0.29, 0.717) is 22.5 Å². The third kappa shape index (κ3) is 1.87. The number of hydrogen-bond acceptors (Lipinski definition) is 5. The molecule has 2 atom stereocenters. The maximum absolute atomic E-state index is 8.73. The molecule has 2 aromatic rings. The predicted molar refractivity (Wildman–Crippen MR) is 65.6 cm³/mol. The molecule has 1 saturated carbocycles. The third-order valence-electron chi connectivity index (χ3n) is 3.03. The van der Waals surface area contributed by atoms with Crippen molar-refractivity contribution in [3.05, 3.63) is 40.4 Å². The lowest BCUT2D eigenvalue weighted by atomic mass is 10.1. The number of nitriles is 1. The topological polar surface area (TPSA) is 75.6 Å². The molecule has 1 fully saturated rings. The number of anilines is 1. The Morgan fingerprint density at radius 1 is 1.24 bits per heavy atom. The van der Waals surface area contributed by atoms with Gasteiger partial charge >= 0.3 is 0 Å². The van der Waals surface area contributed by atoms with E-state index in [4.69, 9.17) is 11.0 Å². The highest BCUT2D eigenvalue weighted by Crippen LogP contribution is 2.55. The molecule has 1 heterocycles. The Kier molecular flexibility index (Phi) is 2.30. The molecule has 0 bridgehead atoms. The second kappa shape index (κ2) is 3.82. The summed E-state index contributed by atoms with van der Waals surface area (Å²) >= 11 is 1.47. The molecule has 1 aliphatic rings. The van der Waals surface area contributed by atoms with Crippen LogP contribution in [0, 0.1) is 11.3 Å². The zero-order chi connectivity index (χ0) is 11.8. The highest BCUT2D eigenvalue weighted by molar-refractivity contribution is 7.15. The van der Waals surface area contributed by atoms with Crippen LogP contribution in [0.3, 0.4) is 0 Å². The molecule has 2 N–H and O–H groups in total. The van der Waals surface area contributed by atoms with Crippen molar-refractivity contribution in [3.8, 4) is 6.07 Å². The van der Waals surface area contributed by atoms with Crippen LogP contribution in [0.1, 0.15) is 34.4 Å². The normalized spacial score (nSPS) is 22.1. The molecule has 4 nitrogen and oxygen atoms in total. The van der Waals surface area contributed by atoms with E-state index in [2.05, 4.69) is 16.3 Å². The highest BCUT2D eigenvalue weighted by Gasteiger charge is 2.41. The molecule has 1 aromatic heterocycles. The minimum atomic E-state index is 0.456. The van der Waals surface area contributed by atoms with E-state index < -0.39 is 0 Å². The summed E-state index contributed by atoms with van der Waals surface area (Å²) in [5, 5.41) is 18.2. The smallest absolute Gasteiger partial charge is 0.203 e. The Balaban J connectivity index is 1.78. The number of nitrogens with zero attached hydrogens (tertiary/aromatic N) is 3. The molecule has 5 heteroatoms. The molecule has 17 heavy (non-hydrogen) atoms. The molecule has 0 amide bonds. The summed E-state index contributed by atoms with van der Waals surface area (Å²) in [6.45, 7) is 0. The zero-order valence-electron chi connectivity index (χ0n) is 9.00. The van der Waals surface area contributed by atoms with Crippen LogP contribution < -0.4 is 5.73 Å². The zero-order valence-corrected chi connectivity index (χ0v) is 9.81. The molecular weight excluding hydrogens is 232 g/mol.